The van der Waals surface area contributed by atoms with Crippen LogP contribution in [0.4, 0.5) is 0 Å². The smallest absolute Gasteiger partial charge is 0.267 e. The molecule has 1 N–H and O–H groups in total. The maximum absolute atomic E-state index is 12.8. The van der Waals surface area contributed by atoms with Gasteiger partial charge in [-0.2, -0.15) is 5.26 Å². The highest BCUT2D eigenvalue weighted by atomic mass is 16.1. The van der Waals surface area contributed by atoms with Crippen molar-refractivity contribution >= 4 is 16.7 Å². The van der Waals surface area contributed by atoms with Gasteiger partial charge in [-0.25, -0.2) is 4.98 Å². The summed E-state index contributed by atoms with van der Waals surface area (Å²) in [5.41, 5.74) is 1.24. The summed E-state index contributed by atoms with van der Waals surface area (Å²) < 4.78 is 3.27. The third-order valence-electron chi connectivity index (χ3n) is 4.57. The number of aromatic nitrogens is 3. The zero-order chi connectivity index (χ0) is 16.0. The van der Waals surface area contributed by atoms with Gasteiger partial charge in [0.25, 0.3) is 5.56 Å². The molecule has 0 bridgehead atoms. The van der Waals surface area contributed by atoms with Crippen molar-refractivity contribution in [2.45, 2.75) is 31.7 Å². The molecule has 3 aromatic heterocycles. The Morgan fingerprint density at radius 1 is 1.30 bits per heavy atom. The third kappa shape index (κ3) is 1.97. The van der Waals surface area contributed by atoms with Gasteiger partial charge in [0.1, 0.15) is 22.9 Å². The van der Waals surface area contributed by atoms with Crippen LogP contribution >= 0.6 is 0 Å². The van der Waals surface area contributed by atoms with Crippen molar-refractivity contribution in [2.75, 3.05) is 0 Å². The van der Waals surface area contributed by atoms with E-state index in [9.17, 15) is 10.1 Å². The molecular formula is C17H15N5O. The lowest BCUT2D eigenvalue weighted by atomic mass is 10.1. The number of nitrogens with zero attached hydrogens (tertiary/aromatic N) is 4. The lowest BCUT2D eigenvalue weighted by Crippen LogP contribution is -2.29. The maximum atomic E-state index is 12.8. The van der Waals surface area contributed by atoms with Crippen LogP contribution in [0.5, 0.6) is 0 Å². The van der Waals surface area contributed by atoms with Crippen LogP contribution < -0.4 is 11.0 Å². The first-order valence-corrected chi connectivity index (χ1v) is 7.72. The highest BCUT2D eigenvalue weighted by Crippen LogP contribution is 2.30. The van der Waals surface area contributed by atoms with Gasteiger partial charge in [-0.1, -0.05) is 18.9 Å². The van der Waals surface area contributed by atoms with E-state index in [0.717, 1.165) is 25.7 Å². The molecular weight excluding hydrogens is 290 g/mol. The van der Waals surface area contributed by atoms with E-state index >= 15 is 0 Å². The second kappa shape index (κ2) is 5.06. The minimum Gasteiger partial charge on any atom is -0.307 e. The molecule has 0 amide bonds. The quantitative estimate of drug-likeness (QED) is 0.698. The van der Waals surface area contributed by atoms with Crippen LogP contribution in [0, 0.1) is 16.7 Å². The molecule has 1 saturated carbocycles. The Balaban J connectivity index is 2.21. The summed E-state index contributed by atoms with van der Waals surface area (Å²) in [5, 5.41) is 18.1. The molecule has 0 aromatic carbocycles. The second-order valence-electron chi connectivity index (χ2n) is 5.91. The predicted octanol–water partition coefficient (Wildman–Crippen LogP) is 2.12. The van der Waals surface area contributed by atoms with Gasteiger partial charge < -0.3 is 4.57 Å². The summed E-state index contributed by atoms with van der Waals surface area (Å²) in [6.07, 6.45) is 5.78. The van der Waals surface area contributed by atoms with Gasteiger partial charge in [0.15, 0.2) is 0 Å². The number of nitrogens with one attached hydrogen (secondary N) is 1. The summed E-state index contributed by atoms with van der Waals surface area (Å²) in [7, 11) is 0. The van der Waals surface area contributed by atoms with Gasteiger partial charge in [-0.3, -0.25) is 14.6 Å². The molecule has 0 spiro atoms. The standard InChI is InChI=1S/C17H15N5O/c18-10-11-9-13-16(22(15(11)19)12-5-1-2-6-12)20-14-7-3-4-8-21(14)17(13)23/h3-4,7-9,12,19H,1-2,5-6H2. The monoisotopic (exact) mass is 305 g/mol. The van der Waals surface area contributed by atoms with Gasteiger partial charge in [0, 0.05) is 12.2 Å². The van der Waals surface area contributed by atoms with Crippen LogP contribution in [0.2, 0.25) is 0 Å². The van der Waals surface area contributed by atoms with Gasteiger partial charge in [0.2, 0.25) is 0 Å². The average molecular weight is 305 g/mol. The number of pyridine rings is 2. The lowest BCUT2D eigenvalue weighted by molar-refractivity contribution is 0.506. The Labute approximate surface area is 131 Å². The Morgan fingerprint density at radius 2 is 2.09 bits per heavy atom. The maximum Gasteiger partial charge on any atom is 0.267 e. The van der Waals surface area contributed by atoms with E-state index in [1.54, 1.807) is 22.9 Å². The predicted molar refractivity (Wildman–Crippen MR) is 85.0 cm³/mol. The Kier molecular flexibility index (Phi) is 3.01. The Hall–Kier alpha value is -2.94. The number of hydrogen-bond acceptors (Lipinski definition) is 4. The van der Waals surface area contributed by atoms with Gasteiger partial charge in [0.05, 0.1) is 10.9 Å². The summed E-state index contributed by atoms with van der Waals surface area (Å²) in [6, 6.07) is 9.06. The Bertz CT molecular complexity index is 1080. The first-order chi connectivity index (χ1) is 11.2. The highest BCUT2D eigenvalue weighted by Gasteiger charge is 2.22. The molecule has 0 aliphatic heterocycles. The first-order valence-electron chi connectivity index (χ1n) is 7.72. The number of fused-ring (bicyclic) bond motifs is 2. The van der Waals surface area contributed by atoms with E-state index in [0.29, 0.717) is 16.7 Å². The molecule has 1 aliphatic rings. The molecule has 0 saturated heterocycles. The van der Waals surface area contributed by atoms with Crippen molar-refractivity contribution in [1.82, 2.24) is 14.0 Å². The molecule has 1 fully saturated rings. The van der Waals surface area contributed by atoms with Crippen LogP contribution in [0.15, 0.2) is 35.3 Å². The molecule has 114 valence electrons. The van der Waals surface area contributed by atoms with Crippen LogP contribution in [-0.2, 0) is 0 Å². The highest BCUT2D eigenvalue weighted by molar-refractivity contribution is 5.77. The minimum atomic E-state index is -0.200. The zero-order valence-electron chi connectivity index (χ0n) is 12.5. The van der Waals surface area contributed by atoms with E-state index in [4.69, 9.17) is 5.41 Å². The van der Waals surface area contributed by atoms with Crippen molar-refractivity contribution in [3.63, 3.8) is 0 Å². The molecule has 4 rings (SSSR count). The number of rotatable bonds is 1. The average Bonchev–Trinajstić information content (AvgIpc) is 3.09. The first kappa shape index (κ1) is 13.7. The van der Waals surface area contributed by atoms with Crippen molar-refractivity contribution in [3.8, 4) is 6.07 Å². The van der Waals surface area contributed by atoms with Gasteiger partial charge in [-0.15, -0.1) is 0 Å². The van der Waals surface area contributed by atoms with E-state index in [1.807, 2.05) is 12.1 Å². The van der Waals surface area contributed by atoms with E-state index < -0.39 is 0 Å². The molecule has 0 radical (unpaired) electrons. The van der Waals surface area contributed by atoms with E-state index in [-0.39, 0.29) is 22.7 Å². The van der Waals surface area contributed by atoms with E-state index in [2.05, 4.69) is 4.98 Å². The Morgan fingerprint density at radius 3 is 2.83 bits per heavy atom. The van der Waals surface area contributed by atoms with E-state index in [1.165, 1.54) is 10.5 Å². The SMILES string of the molecule is N#Cc1cc2c(=O)n3ccccc3nc2n(C2CCCC2)c1=N. The van der Waals surface area contributed by atoms with Crippen LogP contribution in [0.3, 0.4) is 0 Å². The van der Waals surface area contributed by atoms with Crippen LogP contribution in [0.1, 0.15) is 37.3 Å². The van der Waals surface area contributed by atoms with Crippen LogP contribution in [0.25, 0.3) is 16.7 Å². The topological polar surface area (TPSA) is 86.9 Å². The largest absolute Gasteiger partial charge is 0.307 e. The number of nitriles is 1. The van der Waals surface area contributed by atoms with Crippen molar-refractivity contribution in [2.24, 2.45) is 0 Å². The fourth-order valence-electron chi connectivity index (χ4n) is 3.45. The fourth-order valence-corrected chi connectivity index (χ4v) is 3.45. The molecule has 6 nitrogen and oxygen atoms in total. The molecule has 23 heavy (non-hydrogen) atoms. The second-order valence-corrected chi connectivity index (χ2v) is 5.91. The van der Waals surface area contributed by atoms with Crippen molar-refractivity contribution < 1.29 is 0 Å². The molecule has 0 atom stereocenters. The molecule has 6 heteroatoms. The van der Waals surface area contributed by atoms with Gasteiger partial charge in [-0.05, 0) is 31.0 Å². The molecule has 0 unspecified atom stereocenters. The lowest BCUT2D eigenvalue weighted by Gasteiger charge is -2.18. The van der Waals surface area contributed by atoms with Gasteiger partial charge >= 0.3 is 0 Å². The number of hydrogen-bond donors (Lipinski definition) is 1. The zero-order valence-corrected chi connectivity index (χ0v) is 12.5. The third-order valence-corrected chi connectivity index (χ3v) is 4.57. The van der Waals surface area contributed by atoms with Crippen LogP contribution in [-0.4, -0.2) is 14.0 Å². The molecule has 3 aromatic rings. The minimum absolute atomic E-state index is 0.136. The molecule has 1 aliphatic carbocycles. The van der Waals surface area contributed by atoms with Crippen molar-refractivity contribution in [1.29, 1.82) is 10.7 Å². The molecule has 3 heterocycles. The van der Waals surface area contributed by atoms with Crippen molar-refractivity contribution in [3.05, 3.63) is 51.9 Å². The summed E-state index contributed by atoms with van der Waals surface area (Å²) in [6.45, 7) is 0. The fraction of sp³-hybridized carbons (Fsp3) is 0.294. The summed E-state index contributed by atoms with van der Waals surface area (Å²) in [4.78, 5) is 17.4. The normalized spacial score (nSPS) is 15.3. The summed E-state index contributed by atoms with van der Waals surface area (Å²) in [5.74, 6) is 0. The summed E-state index contributed by atoms with van der Waals surface area (Å²) >= 11 is 0.